The van der Waals surface area contributed by atoms with Crippen molar-refractivity contribution >= 4 is 11.9 Å². The van der Waals surface area contributed by atoms with E-state index in [1.165, 1.54) is 5.56 Å². The molecule has 1 saturated heterocycles. The van der Waals surface area contributed by atoms with Gasteiger partial charge in [0, 0.05) is 19.5 Å². The molecule has 1 N–H and O–H groups in total. The topological polar surface area (TPSA) is 57.6 Å². The molecule has 1 aliphatic carbocycles. The number of carbonyl (C=O) groups is 2. The molecular formula is C18H23NO3. The van der Waals surface area contributed by atoms with E-state index in [-0.39, 0.29) is 17.7 Å². The van der Waals surface area contributed by atoms with Gasteiger partial charge in [-0.25, -0.2) is 0 Å². The maximum Gasteiger partial charge on any atom is 0.308 e. The summed E-state index contributed by atoms with van der Waals surface area (Å²) in [7, 11) is 0. The Kier molecular flexibility index (Phi) is 4.19. The van der Waals surface area contributed by atoms with E-state index < -0.39 is 5.97 Å². The van der Waals surface area contributed by atoms with E-state index in [0.29, 0.717) is 25.4 Å². The average molecular weight is 301 g/mol. The van der Waals surface area contributed by atoms with E-state index in [2.05, 4.69) is 24.3 Å². The molecule has 0 radical (unpaired) electrons. The highest BCUT2D eigenvalue weighted by Gasteiger charge is 2.46. The van der Waals surface area contributed by atoms with Crippen molar-refractivity contribution < 1.29 is 14.7 Å². The first kappa shape index (κ1) is 15.1. The van der Waals surface area contributed by atoms with Gasteiger partial charge in [0.25, 0.3) is 0 Å². The van der Waals surface area contributed by atoms with Crippen LogP contribution in [-0.2, 0) is 16.0 Å². The summed E-state index contributed by atoms with van der Waals surface area (Å²) in [5, 5.41) is 9.36. The molecule has 1 saturated carbocycles. The average Bonchev–Trinajstić information content (AvgIpc) is 3.24. The molecule has 2 aliphatic rings. The Morgan fingerprint density at radius 3 is 2.45 bits per heavy atom. The summed E-state index contributed by atoms with van der Waals surface area (Å²) in [6.07, 6.45) is 3.44. The molecular weight excluding hydrogens is 278 g/mol. The quantitative estimate of drug-likeness (QED) is 0.909. The number of benzene rings is 1. The number of aryl methyl sites for hydroxylation is 2. The Balaban J connectivity index is 1.56. The number of carbonyl (C=O) groups excluding carboxylic acids is 1. The summed E-state index contributed by atoms with van der Waals surface area (Å²) in [6.45, 7) is 3.07. The van der Waals surface area contributed by atoms with E-state index in [9.17, 15) is 14.7 Å². The van der Waals surface area contributed by atoms with Gasteiger partial charge in [0.2, 0.25) is 5.91 Å². The molecule has 2 fully saturated rings. The number of hydrogen-bond acceptors (Lipinski definition) is 2. The molecule has 0 unspecified atom stereocenters. The number of rotatable bonds is 5. The molecule has 3 rings (SSSR count). The molecule has 4 nitrogen and oxygen atoms in total. The van der Waals surface area contributed by atoms with Crippen LogP contribution in [0, 0.1) is 24.7 Å². The summed E-state index contributed by atoms with van der Waals surface area (Å²) < 4.78 is 0. The summed E-state index contributed by atoms with van der Waals surface area (Å²) in [5.41, 5.74) is 2.37. The van der Waals surface area contributed by atoms with Crippen molar-refractivity contribution in [1.29, 1.82) is 0 Å². The van der Waals surface area contributed by atoms with Gasteiger partial charge in [0.1, 0.15) is 0 Å². The predicted molar refractivity (Wildman–Crippen MR) is 83.4 cm³/mol. The van der Waals surface area contributed by atoms with Crippen LogP contribution in [0.1, 0.15) is 30.4 Å². The summed E-state index contributed by atoms with van der Waals surface area (Å²) in [6, 6.07) is 8.22. The van der Waals surface area contributed by atoms with Crippen LogP contribution in [0.25, 0.3) is 0 Å². The van der Waals surface area contributed by atoms with Crippen LogP contribution < -0.4 is 0 Å². The molecule has 1 aliphatic heterocycles. The van der Waals surface area contributed by atoms with Crippen molar-refractivity contribution in [2.24, 2.45) is 17.8 Å². The lowest BCUT2D eigenvalue weighted by Gasteiger charge is -2.16. The molecule has 1 amide bonds. The smallest absolute Gasteiger partial charge is 0.308 e. The minimum absolute atomic E-state index is 0.0926. The third-order valence-electron chi connectivity index (χ3n) is 5.01. The monoisotopic (exact) mass is 301 g/mol. The maximum absolute atomic E-state index is 12.4. The number of carboxylic acids is 1. The highest BCUT2D eigenvalue weighted by atomic mass is 16.4. The van der Waals surface area contributed by atoms with Crippen molar-refractivity contribution in [3.05, 3.63) is 35.4 Å². The molecule has 22 heavy (non-hydrogen) atoms. The summed E-state index contributed by atoms with van der Waals surface area (Å²) in [5.74, 6) is -0.326. The second-order valence-corrected chi connectivity index (χ2v) is 6.73. The van der Waals surface area contributed by atoms with E-state index in [1.807, 2.05) is 6.92 Å². The zero-order valence-corrected chi connectivity index (χ0v) is 13.0. The van der Waals surface area contributed by atoms with Crippen LogP contribution in [0.2, 0.25) is 0 Å². The number of carboxylic acid groups (broad SMARTS) is 1. The largest absolute Gasteiger partial charge is 0.481 e. The first-order chi connectivity index (χ1) is 10.5. The SMILES string of the molecule is Cc1ccc(CCC(=O)N2C[C@@H](C(=O)O)[C@H](C3CC3)C2)cc1. The van der Waals surface area contributed by atoms with Crippen LogP contribution >= 0.6 is 0 Å². The molecule has 1 heterocycles. The first-order valence-electron chi connectivity index (χ1n) is 8.10. The molecule has 1 aromatic rings. The zero-order chi connectivity index (χ0) is 15.7. The molecule has 0 aromatic heterocycles. The van der Waals surface area contributed by atoms with Gasteiger partial charge in [-0.1, -0.05) is 29.8 Å². The van der Waals surface area contributed by atoms with Crippen molar-refractivity contribution in [1.82, 2.24) is 4.90 Å². The van der Waals surface area contributed by atoms with Gasteiger partial charge in [0.05, 0.1) is 5.92 Å². The van der Waals surface area contributed by atoms with Gasteiger partial charge < -0.3 is 10.0 Å². The number of hydrogen-bond donors (Lipinski definition) is 1. The second kappa shape index (κ2) is 6.11. The summed E-state index contributed by atoms with van der Waals surface area (Å²) >= 11 is 0. The molecule has 0 spiro atoms. The maximum atomic E-state index is 12.4. The van der Waals surface area contributed by atoms with Crippen molar-refractivity contribution in [3.63, 3.8) is 0 Å². The van der Waals surface area contributed by atoms with Crippen molar-refractivity contribution in [2.45, 2.75) is 32.6 Å². The fraction of sp³-hybridized carbons (Fsp3) is 0.556. The molecule has 1 aromatic carbocycles. The van der Waals surface area contributed by atoms with Crippen molar-refractivity contribution in [2.75, 3.05) is 13.1 Å². The van der Waals surface area contributed by atoms with Crippen LogP contribution in [0.4, 0.5) is 0 Å². The van der Waals surface area contributed by atoms with Crippen LogP contribution in [0.15, 0.2) is 24.3 Å². The lowest BCUT2D eigenvalue weighted by molar-refractivity contribution is -0.142. The second-order valence-electron chi connectivity index (χ2n) is 6.73. The van der Waals surface area contributed by atoms with Gasteiger partial charge in [-0.15, -0.1) is 0 Å². The van der Waals surface area contributed by atoms with E-state index in [4.69, 9.17) is 0 Å². The standard InChI is InChI=1S/C18H23NO3/c1-12-2-4-13(5-3-12)6-9-17(20)19-10-15(14-7-8-14)16(11-19)18(21)22/h2-5,14-16H,6-11H2,1H3,(H,21,22)/t15-,16+/m0/s1. The lowest BCUT2D eigenvalue weighted by Crippen LogP contribution is -2.30. The van der Waals surface area contributed by atoms with Crippen LogP contribution in [0.5, 0.6) is 0 Å². The first-order valence-corrected chi connectivity index (χ1v) is 8.10. The van der Waals surface area contributed by atoms with E-state index >= 15 is 0 Å². The number of nitrogens with zero attached hydrogens (tertiary/aromatic N) is 1. The Labute approximate surface area is 131 Å². The Hall–Kier alpha value is -1.84. The van der Waals surface area contributed by atoms with E-state index in [0.717, 1.165) is 24.8 Å². The van der Waals surface area contributed by atoms with Gasteiger partial charge in [0.15, 0.2) is 0 Å². The Morgan fingerprint density at radius 1 is 1.18 bits per heavy atom. The van der Waals surface area contributed by atoms with Gasteiger partial charge in [-0.2, -0.15) is 0 Å². The minimum atomic E-state index is -0.745. The zero-order valence-electron chi connectivity index (χ0n) is 13.0. The van der Waals surface area contributed by atoms with Gasteiger partial charge in [-0.3, -0.25) is 9.59 Å². The minimum Gasteiger partial charge on any atom is -0.481 e. The number of likely N-dealkylation sites (tertiary alicyclic amines) is 1. The third kappa shape index (κ3) is 3.32. The summed E-state index contributed by atoms with van der Waals surface area (Å²) in [4.78, 5) is 25.5. The number of amides is 1. The number of aliphatic carboxylic acids is 1. The van der Waals surface area contributed by atoms with Gasteiger partial charge in [-0.05, 0) is 43.6 Å². The Bertz CT molecular complexity index is 562. The fourth-order valence-electron chi connectivity index (χ4n) is 3.46. The lowest BCUT2D eigenvalue weighted by atomic mass is 9.92. The Morgan fingerprint density at radius 2 is 1.86 bits per heavy atom. The highest BCUT2D eigenvalue weighted by molar-refractivity contribution is 5.79. The van der Waals surface area contributed by atoms with Crippen LogP contribution in [0.3, 0.4) is 0 Å². The molecule has 4 heteroatoms. The molecule has 0 bridgehead atoms. The highest BCUT2D eigenvalue weighted by Crippen LogP contribution is 2.44. The fourth-order valence-corrected chi connectivity index (χ4v) is 3.46. The third-order valence-corrected chi connectivity index (χ3v) is 5.01. The van der Waals surface area contributed by atoms with E-state index in [1.54, 1.807) is 4.90 Å². The predicted octanol–water partition coefficient (Wildman–Crippen LogP) is 2.50. The normalized spacial score (nSPS) is 24.5. The van der Waals surface area contributed by atoms with Crippen molar-refractivity contribution in [3.8, 4) is 0 Å². The van der Waals surface area contributed by atoms with Crippen LogP contribution in [-0.4, -0.2) is 35.0 Å². The molecule has 118 valence electrons. The molecule has 2 atom stereocenters. The van der Waals surface area contributed by atoms with Gasteiger partial charge >= 0.3 is 5.97 Å².